The minimum absolute atomic E-state index is 0.609. The van der Waals surface area contributed by atoms with Crippen LogP contribution in [0.3, 0.4) is 0 Å². The number of allylic oxidation sites excluding steroid dienone is 1. The standard InChI is InChI=1S/C18H20N2O/c1-2-21-17-9-5-15(6-10-17)13-14-3-7-16(8-4-14)18(20)11-12-19/h3-12,19H,2,13,20H2,1H3/b18-11-,19-12?. The highest BCUT2D eigenvalue weighted by Gasteiger charge is 2.00. The van der Waals surface area contributed by atoms with E-state index in [-0.39, 0.29) is 0 Å². The lowest BCUT2D eigenvalue weighted by Gasteiger charge is -2.06. The van der Waals surface area contributed by atoms with Crippen molar-refractivity contribution in [3.8, 4) is 5.75 Å². The van der Waals surface area contributed by atoms with Crippen LogP contribution in [-0.2, 0) is 6.42 Å². The zero-order valence-electron chi connectivity index (χ0n) is 12.2. The molecular weight excluding hydrogens is 260 g/mol. The van der Waals surface area contributed by atoms with E-state index in [2.05, 4.69) is 24.3 Å². The van der Waals surface area contributed by atoms with Gasteiger partial charge in [0.15, 0.2) is 0 Å². The molecule has 0 unspecified atom stereocenters. The van der Waals surface area contributed by atoms with E-state index in [0.29, 0.717) is 12.3 Å². The van der Waals surface area contributed by atoms with Gasteiger partial charge in [0.05, 0.1) is 6.61 Å². The van der Waals surface area contributed by atoms with Gasteiger partial charge in [0.1, 0.15) is 5.75 Å². The summed E-state index contributed by atoms with van der Waals surface area (Å²) in [4.78, 5) is 0. The van der Waals surface area contributed by atoms with E-state index in [1.54, 1.807) is 6.08 Å². The SMILES string of the molecule is CCOc1ccc(Cc2ccc(/C(N)=C/C=N)cc2)cc1. The fraction of sp³-hybridized carbons (Fsp3) is 0.167. The predicted molar refractivity (Wildman–Crippen MR) is 87.8 cm³/mol. The van der Waals surface area contributed by atoms with E-state index in [4.69, 9.17) is 15.9 Å². The third-order valence-corrected chi connectivity index (χ3v) is 3.19. The van der Waals surface area contributed by atoms with Crippen LogP contribution >= 0.6 is 0 Å². The van der Waals surface area contributed by atoms with Gasteiger partial charge in [-0.1, -0.05) is 36.4 Å². The Morgan fingerprint density at radius 3 is 2.14 bits per heavy atom. The normalized spacial score (nSPS) is 11.2. The first-order valence-electron chi connectivity index (χ1n) is 7.00. The van der Waals surface area contributed by atoms with Crippen LogP contribution in [0, 0.1) is 5.41 Å². The van der Waals surface area contributed by atoms with Gasteiger partial charge in [0, 0.05) is 11.9 Å². The van der Waals surface area contributed by atoms with Crippen LogP contribution in [0.5, 0.6) is 5.75 Å². The van der Waals surface area contributed by atoms with Gasteiger partial charge in [-0.25, -0.2) is 0 Å². The molecule has 108 valence electrons. The molecule has 0 fully saturated rings. The summed E-state index contributed by atoms with van der Waals surface area (Å²) in [6, 6.07) is 16.3. The van der Waals surface area contributed by atoms with Gasteiger partial charge in [0.2, 0.25) is 0 Å². The highest BCUT2D eigenvalue weighted by molar-refractivity contribution is 5.81. The molecule has 2 aromatic carbocycles. The number of hydrogen-bond acceptors (Lipinski definition) is 3. The van der Waals surface area contributed by atoms with Crippen molar-refractivity contribution in [3.05, 3.63) is 71.3 Å². The van der Waals surface area contributed by atoms with Gasteiger partial charge >= 0.3 is 0 Å². The number of benzene rings is 2. The average molecular weight is 280 g/mol. The van der Waals surface area contributed by atoms with Crippen LogP contribution in [0.25, 0.3) is 5.70 Å². The summed E-state index contributed by atoms with van der Waals surface area (Å²) >= 11 is 0. The molecule has 0 bridgehead atoms. The lowest BCUT2D eigenvalue weighted by atomic mass is 10.0. The van der Waals surface area contributed by atoms with Gasteiger partial charge in [-0.3, -0.25) is 0 Å². The lowest BCUT2D eigenvalue weighted by molar-refractivity contribution is 0.340. The van der Waals surface area contributed by atoms with Gasteiger partial charge < -0.3 is 15.9 Å². The summed E-state index contributed by atoms with van der Waals surface area (Å²) in [5.74, 6) is 0.904. The first-order valence-corrected chi connectivity index (χ1v) is 7.00. The Morgan fingerprint density at radius 2 is 1.62 bits per heavy atom. The monoisotopic (exact) mass is 280 g/mol. The van der Waals surface area contributed by atoms with Crippen molar-refractivity contribution < 1.29 is 4.74 Å². The van der Waals surface area contributed by atoms with E-state index in [1.807, 2.05) is 31.2 Å². The minimum Gasteiger partial charge on any atom is -0.494 e. The Kier molecular flexibility index (Phi) is 5.16. The van der Waals surface area contributed by atoms with Crippen LogP contribution in [-0.4, -0.2) is 12.8 Å². The van der Waals surface area contributed by atoms with Crippen LogP contribution in [0.15, 0.2) is 54.6 Å². The third-order valence-electron chi connectivity index (χ3n) is 3.19. The Balaban J connectivity index is 2.06. The molecule has 0 saturated carbocycles. The quantitative estimate of drug-likeness (QED) is 0.794. The molecule has 0 aromatic heterocycles. The molecule has 3 nitrogen and oxygen atoms in total. The van der Waals surface area contributed by atoms with Crippen LogP contribution in [0.1, 0.15) is 23.6 Å². The second kappa shape index (κ2) is 7.29. The summed E-state index contributed by atoms with van der Waals surface area (Å²) in [6.07, 6.45) is 3.66. The Labute approximate surface area is 125 Å². The van der Waals surface area contributed by atoms with Crippen LogP contribution in [0.2, 0.25) is 0 Å². The molecule has 0 aliphatic rings. The Bertz CT molecular complexity index is 613. The molecule has 0 spiro atoms. The molecule has 0 amide bonds. The third kappa shape index (κ3) is 4.21. The van der Waals surface area contributed by atoms with Crippen molar-refractivity contribution in [2.45, 2.75) is 13.3 Å². The molecule has 0 saturated heterocycles. The first-order chi connectivity index (χ1) is 10.2. The number of ether oxygens (including phenoxy) is 1. The second-order valence-corrected chi connectivity index (χ2v) is 4.74. The highest BCUT2D eigenvalue weighted by Crippen LogP contribution is 2.17. The van der Waals surface area contributed by atoms with Crippen molar-refractivity contribution >= 4 is 11.9 Å². The van der Waals surface area contributed by atoms with Gasteiger partial charge in [-0.05, 0) is 48.2 Å². The largest absolute Gasteiger partial charge is 0.494 e. The maximum Gasteiger partial charge on any atom is 0.119 e. The second-order valence-electron chi connectivity index (χ2n) is 4.74. The van der Waals surface area contributed by atoms with Crippen molar-refractivity contribution in [1.82, 2.24) is 0 Å². The molecule has 2 rings (SSSR count). The molecule has 0 atom stereocenters. The molecule has 21 heavy (non-hydrogen) atoms. The summed E-state index contributed by atoms with van der Waals surface area (Å²) < 4.78 is 5.44. The zero-order chi connectivity index (χ0) is 15.1. The molecular formula is C18H20N2O. The Morgan fingerprint density at radius 1 is 1.05 bits per heavy atom. The topological polar surface area (TPSA) is 59.1 Å². The molecule has 0 aliphatic carbocycles. The maximum atomic E-state index is 7.03. The lowest BCUT2D eigenvalue weighted by Crippen LogP contribution is -1.97. The molecule has 3 heteroatoms. The number of rotatable bonds is 6. The molecule has 0 heterocycles. The molecule has 3 N–H and O–H groups in total. The smallest absolute Gasteiger partial charge is 0.119 e. The highest BCUT2D eigenvalue weighted by atomic mass is 16.5. The van der Waals surface area contributed by atoms with E-state index in [1.165, 1.54) is 17.3 Å². The number of nitrogens with two attached hydrogens (primary N) is 1. The summed E-state index contributed by atoms with van der Waals surface area (Å²) in [7, 11) is 0. The van der Waals surface area contributed by atoms with E-state index >= 15 is 0 Å². The average Bonchev–Trinajstić information content (AvgIpc) is 2.50. The van der Waals surface area contributed by atoms with E-state index < -0.39 is 0 Å². The summed E-state index contributed by atoms with van der Waals surface area (Å²) in [5, 5.41) is 7.03. The van der Waals surface area contributed by atoms with Crippen molar-refractivity contribution in [2.24, 2.45) is 5.73 Å². The number of hydrogen-bond donors (Lipinski definition) is 2. The minimum atomic E-state index is 0.609. The fourth-order valence-electron chi connectivity index (χ4n) is 2.11. The van der Waals surface area contributed by atoms with E-state index in [9.17, 15) is 0 Å². The summed E-state index contributed by atoms with van der Waals surface area (Å²) in [6.45, 7) is 2.67. The van der Waals surface area contributed by atoms with Crippen molar-refractivity contribution in [3.63, 3.8) is 0 Å². The van der Waals surface area contributed by atoms with Gasteiger partial charge in [-0.15, -0.1) is 0 Å². The molecule has 2 aromatic rings. The van der Waals surface area contributed by atoms with Gasteiger partial charge in [0.25, 0.3) is 0 Å². The predicted octanol–water partition coefficient (Wildman–Crippen LogP) is 3.63. The van der Waals surface area contributed by atoms with Crippen molar-refractivity contribution in [1.29, 1.82) is 5.41 Å². The van der Waals surface area contributed by atoms with Crippen molar-refractivity contribution in [2.75, 3.05) is 6.61 Å². The Hall–Kier alpha value is -2.55. The first kappa shape index (κ1) is 14.9. The van der Waals surface area contributed by atoms with Gasteiger partial charge in [-0.2, -0.15) is 0 Å². The number of nitrogens with one attached hydrogen (secondary N) is 1. The summed E-state index contributed by atoms with van der Waals surface area (Å²) in [5.41, 5.74) is 9.87. The van der Waals surface area contributed by atoms with Crippen LogP contribution < -0.4 is 10.5 Å². The molecule has 0 radical (unpaired) electrons. The maximum absolute atomic E-state index is 7.03. The molecule has 0 aliphatic heterocycles. The van der Waals surface area contributed by atoms with Crippen LogP contribution in [0.4, 0.5) is 0 Å². The zero-order valence-corrected chi connectivity index (χ0v) is 12.2. The fourth-order valence-corrected chi connectivity index (χ4v) is 2.11. The van der Waals surface area contributed by atoms with E-state index in [0.717, 1.165) is 17.7 Å².